The molecule has 0 radical (unpaired) electrons. The molecule has 136 valence electrons. The predicted molar refractivity (Wildman–Crippen MR) is 102 cm³/mol. The molecule has 0 bridgehead atoms. The Balaban J connectivity index is 1.68. The first-order valence-electron chi connectivity index (χ1n) is 8.07. The second-order valence-corrected chi connectivity index (χ2v) is 6.25. The summed E-state index contributed by atoms with van der Waals surface area (Å²) in [6.07, 6.45) is 1.45. The van der Waals surface area contributed by atoms with Crippen LogP contribution in [0, 0.1) is 0 Å². The van der Waals surface area contributed by atoms with Crippen molar-refractivity contribution < 1.29 is 9.47 Å². The number of H-pyrrole nitrogens is 1. The molecule has 2 aromatic carbocycles. The van der Waals surface area contributed by atoms with Crippen LogP contribution in [0.2, 0.25) is 10.0 Å². The van der Waals surface area contributed by atoms with Crippen LogP contribution in [0.4, 0.5) is 5.95 Å². The molecular weight excluding hydrogens is 375 g/mol. The molecule has 1 heterocycles. The number of nitrogens with one attached hydrogen (secondary N) is 2. The number of hydrogen-bond acceptors (Lipinski definition) is 5. The summed E-state index contributed by atoms with van der Waals surface area (Å²) in [5.41, 5.74) is 1.96. The third-order valence-electron chi connectivity index (χ3n) is 3.56. The van der Waals surface area contributed by atoms with Crippen LogP contribution in [0.3, 0.4) is 0 Å². The van der Waals surface area contributed by atoms with E-state index in [0.717, 1.165) is 11.1 Å². The van der Waals surface area contributed by atoms with Crippen molar-refractivity contribution in [2.24, 2.45) is 0 Å². The van der Waals surface area contributed by atoms with Crippen molar-refractivity contribution in [2.45, 2.75) is 20.1 Å². The van der Waals surface area contributed by atoms with Gasteiger partial charge in [-0.3, -0.25) is 0 Å². The Morgan fingerprint density at radius 1 is 1.00 bits per heavy atom. The Bertz CT molecular complexity index is 856. The molecule has 3 aromatic rings. The highest BCUT2D eigenvalue weighted by Gasteiger charge is 2.08. The van der Waals surface area contributed by atoms with E-state index < -0.39 is 0 Å². The molecule has 2 N–H and O–H groups in total. The van der Waals surface area contributed by atoms with Gasteiger partial charge in [-0.2, -0.15) is 5.10 Å². The molecule has 0 aliphatic rings. The van der Waals surface area contributed by atoms with Crippen molar-refractivity contribution in [3.05, 3.63) is 63.9 Å². The zero-order chi connectivity index (χ0) is 18.4. The number of ether oxygens (including phenoxy) is 2. The van der Waals surface area contributed by atoms with Gasteiger partial charge in [-0.15, -0.1) is 0 Å². The second-order valence-electron chi connectivity index (χ2n) is 5.44. The predicted octanol–water partition coefficient (Wildman–Crippen LogP) is 4.70. The van der Waals surface area contributed by atoms with E-state index in [1.54, 1.807) is 12.1 Å². The number of aromatic amines is 1. The first-order chi connectivity index (χ1) is 12.7. The van der Waals surface area contributed by atoms with E-state index in [0.29, 0.717) is 47.3 Å². The fourth-order valence-corrected chi connectivity index (χ4v) is 2.64. The Labute approximate surface area is 161 Å². The maximum absolute atomic E-state index is 6.04. The quantitative estimate of drug-likeness (QED) is 0.580. The Kier molecular flexibility index (Phi) is 6.20. The normalized spacial score (nSPS) is 10.6. The zero-order valence-electron chi connectivity index (χ0n) is 14.1. The van der Waals surface area contributed by atoms with Gasteiger partial charge in [0.25, 0.3) is 0 Å². The molecule has 0 spiro atoms. The van der Waals surface area contributed by atoms with Crippen molar-refractivity contribution >= 4 is 29.2 Å². The van der Waals surface area contributed by atoms with Gasteiger partial charge in [0.05, 0.1) is 16.7 Å². The molecule has 26 heavy (non-hydrogen) atoms. The summed E-state index contributed by atoms with van der Waals surface area (Å²) in [6.45, 7) is 3.43. The van der Waals surface area contributed by atoms with Gasteiger partial charge in [0, 0.05) is 6.54 Å². The summed E-state index contributed by atoms with van der Waals surface area (Å²) in [5, 5.41) is 10.7. The summed E-state index contributed by atoms with van der Waals surface area (Å²) in [4.78, 5) is 4.03. The van der Waals surface area contributed by atoms with Crippen LogP contribution in [0.15, 0.2) is 42.7 Å². The first kappa shape index (κ1) is 18.4. The number of anilines is 1. The topological polar surface area (TPSA) is 72.1 Å². The maximum Gasteiger partial charge on any atom is 0.218 e. The standard InChI is InChI=1S/C18H18Cl2N4O2/c1-2-25-17-8-12(9-21-18-22-11-23-24-18)4-6-16(17)26-10-13-3-5-14(19)15(20)7-13/h3-8,11H,2,9-10H2,1H3,(H2,21,22,23,24). The molecule has 8 heteroatoms. The number of nitrogens with zero attached hydrogens (tertiary/aromatic N) is 2. The van der Waals surface area contributed by atoms with Crippen LogP contribution in [0.25, 0.3) is 0 Å². The van der Waals surface area contributed by atoms with Crippen LogP contribution in [0.5, 0.6) is 11.5 Å². The zero-order valence-corrected chi connectivity index (χ0v) is 15.6. The third-order valence-corrected chi connectivity index (χ3v) is 4.30. The van der Waals surface area contributed by atoms with Gasteiger partial charge < -0.3 is 14.8 Å². The van der Waals surface area contributed by atoms with Crippen molar-refractivity contribution in [3.8, 4) is 11.5 Å². The van der Waals surface area contributed by atoms with Crippen LogP contribution >= 0.6 is 23.2 Å². The van der Waals surface area contributed by atoms with E-state index in [9.17, 15) is 0 Å². The molecule has 0 saturated heterocycles. The smallest absolute Gasteiger partial charge is 0.218 e. The lowest BCUT2D eigenvalue weighted by molar-refractivity contribution is 0.269. The van der Waals surface area contributed by atoms with E-state index >= 15 is 0 Å². The SMILES string of the molecule is CCOc1cc(CNc2ncn[nH]2)ccc1OCc1ccc(Cl)c(Cl)c1. The second kappa shape index (κ2) is 8.78. The fourth-order valence-electron chi connectivity index (χ4n) is 2.32. The lowest BCUT2D eigenvalue weighted by Crippen LogP contribution is -2.04. The van der Waals surface area contributed by atoms with E-state index in [2.05, 4.69) is 20.5 Å². The highest BCUT2D eigenvalue weighted by atomic mass is 35.5. The molecule has 0 unspecified atom stereocenters. The summed E-state index contributed by atoms with van der Waals surface area (Å²) in [5.74, 6) is 1.97. The largest absolute Gasteiger partial charge is 0.490 e. The van der Waals surface area contributed by atoms with Crippen LogP contribution in [-0.2, 0) is 13.2 Å². The van der Waals surface area contributed by atoms with E-state index in [1.807, 2.05) is 31.2 Å². The minimum Gasteiger partial charge on any atom is -0.490 e. The molecule has 0 fully saturated rings. The third kappa shape index (κ3) is 4.80. The lowest BCUT2D eigenvalue weighted by Gasteiger charge is -2.14. The molecular formula is C18H18Cl2N4O2. The minimum atomic E-state index is 0.368. The van der Waals surface area contributed by atoms with Gasteiger partial charge in [0.1, 0.15) is 12.9 Å². The molecule has 0 atom stereocenters. The van der Waals surface area contributed by atoms with Crippen molar-refractivity contribution in [1.82, 2.24) is 15.2 Å². The highest BCUT2D eigenvalue weighted by molar-refractivity contribution is 6.42. The van der Waals surface area contributed by atoms with Crippen LogP contribution in [0.1, 0.15) is 18.1 Å². The Morgan fingerprint density at radius 3 is 2.58 bits per heavy atom. The summed E-state index contributed by atoms with van der Waals surface area (Å²) >= 11 is 12.0. The van der Waals surface area contributed by atoms with Gasteiger partial charge in [-0.1, -0.05) is 35.3 Å². The highest BCUT2D eigenvalue weighted by Crippen LogP contribution is 2.30. The number of halogens is 2. The minimum absolute atomic E-state index is 0.368. The van der Waals surface area contributed by atoms with E-state index in [-0.39, 0.29) is 0 Å². The van der Waals surface area contributed by atoms with Gasteiger partial charge in [-0.05, 0) is 42.3 Å². The molecule has 1 aromatic heterocycles. The van der Waals surface area contributed by atoms with Crippen molar-refractivity contribution in [1.29, 1.82) is 0 Å². The number of hydrogen-bond donors (Lipinski definition) is 2. The number of rotatable bonds is 8. The summed E-state index contributed by atoms with van der Waals surface area (Å²) < 4.78 is 11.6. The Morgan fingerprint density at radius 2 is 1.85 bits per heavy atom. The molecule has 0 amide bonds. The molecule has 0 saturated carbocycles. The maximum atomic E-state index is 6.04. The van der Waals surface area contributed by atoms with Gasteiger partial charge in [-0.25, -0.2) is 10.1 Å². The average Bonchev–Trinajstić information content (AvgIpc) is 3.16. The van der Waals surface area contributed by atoms with Crippen molar-refractivity contribution in [3.63, 3.8) is 0 Å². The van der Waals surface area contributed by atoms with E-state index in [1.165, 1.54) is 6.33 Å². The molecule has 0 aliphatic heterocycles. The Hall–Kier alpha value is -2.44. The lowest BCUT2D eigenvalue weighted by atomic mass is 10.2. The number of aromatic nitrogens is 3. The molecule has 6 nitrogen and oxygen atoms in total. The van der Waals surface area contributed by atoms with Gasteiger partial charge >= 0.3 is 0 Å². The van der Waals surface area contributed by atoms with Gasteiger partial charge in [0.15, 0.2) is 11.5 Å². The van der Waals surface area contributed by atoms with Crippen molar-refractivity contribution in [2.75, 3.05) is 11.9 Å². The van der Waals surface area contributed by atoms with E-state index in [4.69, 9.17) is 32.7 Å². The average molecular weight is 393 g/mol. The summed E-state index contributed by atoms with van der Waals surface area (Å²) in [6, 6.07) is 11.2. The summed E-state index contributed by atoms with van der Waals surface area (Å²) in [7, 11) is 0. The first-order valence-corrected chi connectivity index (χ1v) is 8.83. The monoisotopic (exact) mass is 392 g/mol. The van der Waals surface area contributed by atoms with Crippen LogP contribution < -0.4 is 14.8 Å². The van der Waals surface area contributed by atoms with Crippen LogP contribution in [-0.4, -0.2) is 21.8 Å². The fraction of sp³-hybridized carbons (Fsp3) is 0.222. The molecule has 3 rings (SSSR count). The van der Waals surface area contributed by atoms with Gasteiger partial charge in [0.2, 0.25) is 5.95 Å². The number of benzene rings is 2. The molecule has 0 aliphatic carbocycles.